The van der Waals surface area contributed by atoms with Crippen molar-refractivity contribution in [2.24, 2.45) is 0 Å². The second-order valence-corrected chi connectivity index (χ2v) is 13.6. The van der Waals surface area contributed by atoms with Crippen molar-refractivity contribution in [1.82, 2.24) is 8.80 Å². The lowest BCUT2D eigenvalue weighted by molar-refractivity contribution is 1.32. The Morgan fingerprint density at radius 2 is 0.800 bits per heavy atom. The van der Waals surface area contributed by atoms with E-state index in [0.29, 0.717) is 21.5 Å². The van der Waals surface area contributed by atoms with E-state index in [1.165, 1.54) is 16.2 Å². The molecule has 0 radical (unpaired) electrons. The van der Waals surface area contributed by atoms with Crippen LogP contribution < -0.4 is 10.9 Å². The summed E-state index contributed by atoms with van der Waals surface area (Å²) in [5, 5.41) is 11.9. The Hall–Kier alpha value is -6.78. The van der Waals surface area contributed by atoms with Gasteiger partial charge in [0.05, 0.1) is 33.1 Å². The van der Waals surface area contributed by atoms with Crippen LogP contribution in [0.15, 0.2) is 155 Å². The normalized spacial score (nSPS) is 12.6. The molecule has 0 saturated heterocycles. The van der Waals surface area contributed by atoms with E-state index < -0.39 is 0 Å². The monoisotopic (exact) mass is 636 g/mol. The van der Waals surface area contributed by atoms with Gasteiger partial charge >= 0.3 is 0 Å². The first-order valence-electron chi connectivity index (χ1n) is 16.9. The fourth-order valence-electron chi connectivity index (χ4n) is 9.03. The van der Waals surface area contributed by atoms with Crippen molar-refractivity contribution in [2.45, 2.75) is 0 Å². The van der Waals surface area contributed by atoms with Crippen LogP contribution in [0, 0.1) is 0 Å². The molecule has 230 valence electrons. The number of pyridine rings is 2. The summed E-state index contributed by atoms with van der Waals surface area (Å²) in [4.78, 5) is 28.0. The summed E-state index contributed by atoms with van der Waals surface area (Å²) < 4.78 is 4.58. The second-order valence-electron chi connectivity index (χ2n) is 13.6. The maximum Gasteiger partial charge on any atom is 0.197 e. The van der Waals surface area contributed by atoms with Gasteiger partial charge in [0.1, 0.15) is 0 Å². The first-order valence-corrected chi connectivity index (χ1v) is 16.9. The van der Waals surface area contributed by atoms with Crippen LogP contribution in [0.4, 0.5) is 0 Å². The molecule has 0 amide bonds. The minimum atomic E-state index is 0.0478. The van der Waals surface area contributed by atoms with E-state index >= 15 is 0 Å². The van der Waals surface area contributed by atoms with E-state index in [2.05, 4.69) is 93.7 Å². The van der Waals surface area contributed by atoms with Crippen LogP contribution in [-0.2, 0) is 0 Å². The van der Waals surface area contributed by atoms with Crippen molar-refractivity contribution in [2.75, 3.05) is 0 Å². The van der Waals surface area contributed by atoms with Gasteiger partial charge in [-0.3, -0.25) is 9.59 Å². The molecule has 4 heteroatoms. The molecule has 0 N–H and O–H groups in total. The number of nitrogens with zero attached hydrogens (tertiary/aromatic N) is 2. The number of benzene rings is 8. The van der Waals surface area contributed by atoms with Crippen LogP contribution >= 0.6 is 0 Å². The highest BCUT2D eigenvalue weighted by molar-refractivity contribution is 6.31. The SMILES string of the molecule is O=c1c2ccccc2n2c3cc4c(c(-c5ccc6cc7ccccc7cc6c5)c3c3cccc1c32)c1cccc2c(=O)c3ccccc3n4c21. The van der Waals surface area contributed by atoms with Gasteiger partial charge in [-0.2, -0.15) is 0 Å². The van der Waals surface area contributed by atoms with Gasteiger partial charge in [0.25, 0.3) is 0 Å². The van der Waals surface area contributed by atoms with Crippen LogP contribution in [0.25, 0.3) is 109 Å². The largest absolute Gasteiger partial charge is 0.308 e. The second kappa shape index (κ2) is 9.01. The van der Waals surface area contributed by atoms with Crippen molar-refractivity contribution in [1.29, 1.82) is 0 Å². The van der Waals surface area contributed by atoms with E-state index in [-0.39, 0.29) is 10.9 Å². The Kier molecular flexibility index (Phi) is 4.72. The molecule has 0 bridgehead atoms. The molecule has 0 unspecified atom stereocenters. The predicted molar refractivity (Wildman–Crippen MR) is 209 cm³/mol. The van der Waals surface area contributed by atoms with E-state index in [1.807, 2.05) is 60.7 Å². The average Bonchev–Trinajstić information content (AvgIpc) is 3.68. The zero-order chi connectivity index (χ0) is 32.8. The van der Waals surface area contributed by atoms with Gasteiger partial charge in [-0.05, 0) is 87.8 Å². The first kappa shape index (κ1) is 26.2. The first-order chi connectivity index (χ1) is 24.7. The summed E-state index contributed by atoms with van der Waals surface area (Å²) in [5.41, 5.74) is 8.00. The highest BCUT2D eigenvalue weighted by Crippen LogP contribution is 2.47. The van der Waals surface area contributed by atoms with Crippen LogP contribution in [0.1, 0.15) is 0 Å². The minimum Gasteiger partial charge on any atom is -0.308 e. The highest BCUT2D eigenvalue weighted by atomic mass is 16.1. The topological polar surface area (TPSA) is 43.0 Å². The van der Waals surface area contributed by atoms with Gasteiger partial charge in [-0.15, -0.1) is 0 Å². The molecule has 0 fully saturated rings. The molecule has 12 aromatic rings. The van der Waals surface area contributed by atoms with Crippen molar-refractivity contribution in [3.05, 3.63) is 166 Å². The van der Waals surface area contributed by atoms with Gasteiger partial charge in [-0.25, -0.2) is 0 Å². The quantitative estimate of drug-likeness (QED) is 0.168. The molecule has 0 spiro atoms. The summed E-state index contributed by atoms with van der Waals surface area (Å²) in [7, 11) is 0. The number of hydrogen-bond acceptors (Lipinski definition) is 2. The maximum absolute atomic E-state index is 14.0. The van der Waals surface area contributed by atoms with Crippen molar-refractivity contribution in [3.63, 3.8) is 0 Å². The van der Waals surface area contributed by atoms with Gasteiger partial charge < -0.3 is 8.80 Å². The van der Waals surface area contributed by atoms with E-state index in [1.54, 1.807) is 0 Å². The number of fused-ring (bicyclic) bond motifs is 12. The third-order valence-electron chi connectivity index (χ3n) is 11.1. The number of aromatic nitrogens is 2. The Bertz CT molecular complexity index is 3410. The Labute approximate surface area is 282 Å². The molecule has 50 heavy (non-hydrogen) atoms. The number of hydrogen-bond donors (Lipinski definition) is 0. The van der Waals surface area contributed by atoms with Crippen LogP contribution in [0.3, 0.4) is 0 Å². The fourth-order valence-corrected chi connectivity index (χ4v) is 9.03. The fraction of sp³-hybridized carbons (Fsp3) is 0. The Morgan fingerprint density at radius 1 is 0.340 bits per heavy atom. The lowest BCUT2D eigenvalue weighted by Crippen LogP contribution is -2.06. The number of para-hydroxylation sites is 4. The molecule has 12 rings (SSSR count). The van der Waals surface area contributed by atoms with Gasteiger partial charge in [0.15, 0.2) is 10.9 Å². The standard InChI is InChI=1S/C46H24N2O2/c49-45-30-11-3-5-17-36(30)47-38-24-39-42(33-14-8-16-35-44(33)48(39)37-18-6-4-12-31(37)46(35)50)40(41(38)32-13-7-15-34(45)43(32)47)28-20-19-27-21-25-9-1-2-10-26(25)22-29(27)23-28/h1-24H. The smallest absolute Gasteiger partial charge is 0.197 e. The maximum atomic E-state index is 14.0. The van der Waals surface area contributed by atoms with Gasteiger partial charge in [-0.1, -0.05) is 84.9 Å². The molecule has 8 aromatic carbocycles. The molecule has 0 saturated carbocycles. The van der Waals surface area contributed by atoms with Crippen molar-refractivity contribution >= 4 is 97.7 Å². The average molecular weight is 637 g/mol. The minimum absolute atomic E-state index is 0.0478. The summed E-state index contributed by atoms with van der Waals surface area (Å²) in [6.07, 6.45) is 0. The van der Waals surface area contributed by atoms with Crippen molar-refractivity contribution in [3.8, 4) is 11.1 Å². The molecule has 0 aliphatic heterocycles. The Morgan fingerprint density at radius 3 is 1.38 bits per heavy atom. The zero-order valence-corrected chi connectivity index (χ0v) is 26.6. The predicted octanol–water partition coefficient (Wildman–Crippen LogP) is 10.7. The molecule has 0 atom stereocenters. The van der Waals surface area contributed by atoms with Gasteiger partial charge in [0, 0.05) is 48.7 Å². The van der Waals surface area contributed by atoms with E-state index in [9.17, 15) is 9.59 Å². The summed E-state index contributed by atoms with van der Waals surface area (Å²) in [6, 6.07) is 50.2. The molecular formula is C46H24N2O2. The van der Waals surface area contributed by atoms with Crippen LogP contribution in [0.5, 0.6) is 0 Å². The summed E-state index contributed by atoms with van der Waals surface area (Å²) >= 11 is 0. The molecule has 4 heterocycles. The third kappa shape index (κ3) is 3.08. The van der Waals surface area contributed by atoms with Crippen LogP contribution in [0.2, 0.25) is 0 Å². The van der Waals surface area contributed by atoms with Gasteiger partial charge in [0.2, 0.25) is 0 Å². The molecule has 0 aliphatic rings. The zero-order valence-electron chi connectivity index (χ0n) is 26.6. The molecular weight excluding hydrogens is 613 g/mol. The lowest BCUT2D eigenvalue weighted by Gasteiger charge is -2.12. The van der Waals surface area contributed by atoms with Crippen molar-refractivity contribution < 1.29 is 0 Å². The molecule has 0 aliphatic carbocycles. The van der Waals surface area contributed by atoms with Crippen LogP contribution in [-0.4, -0.2) is 8.80 Å². The van der Waals surface area contributed by atoms with E-state index in [4.69, 9.17) is 0 Å². The summed E-state index contributed by atoms with van der Waals surface area (Å²) in [5.74, 6) is 0. The van der Waals surface area contributed by atoms with E-state index in [0.717, 1.165) is 71.2 Å². The molecule has 4 aromatic heterocycles. The third-order valence-corrected chi connectivity index (χ3v) is 11.1. The molecule has 4 nitrogen and oxygen atoms in total. The Balaban J connectivity index is 1.40. The lowest BCUT2D eigenvalue weighted by atomic mass is 9.92. The summed E-state index contributed by atoms with van der Waals surface area (Å²) in [6.45, 7) is 0. The number of rotatable bonds is 1. The highest BCUT2D eigenvalue weighted by Gasteiger charge is 2.26.